The number of hydrogen-bond acceptors (Lipinski definition) is 8. The fraction of sp³-hybridized carbons (Fsp3) is 0.438. The molecule has 3 heterocycles. The Bertz CT molecular complexity index is 1630. The number of carbonyl (C=O) groups is 4. The van der Waals surface area contributed by atoms with Crippen LogP contribution in [0.25, 0.3) is 11.3 Å². The fourth-order valence-electron chi connectivity index (χ4n) is 5.00. The Morgan fingerprint density at radius 1 is 1.02 bits per heavy atom. The summed E-state index contributed by atoms with van der Waals surface area (Å²) >= 11 is 0. The van der Waals surface area contributed by atoms with Crippen LogP contribution in [0.3, 0.4) is 0 Å². The number of amides is 3. The number of anilines is 1. The second kappa shape index (κ2) is 14.2. The predicted molar refractivity (Wildman–Crippen MR) is 165 cm³/mol. The van der Waals surface area contributed by atoms with Crippen molar-refractivity contribution < 1.29 is 41.8 Å². The molecule has 1 aliphatic heterocycles. The Kier molecular flexibility index (Phi) is 10.6. The Balaban J connectivity index is 1.81. The third-order valence-corrected chi connectivity index (χ3v) is 7.17. The van der Waals surface area contributed by atoms with Crippen LogP contribution in [0.2, 0.25) is 0 Å². The van der Waals surface area contributed by atoms with Crippen molar-refractivity contribution in [1.29, 1.82) is 0 Å². The highest BCUT2D eigenvalue weighted by Gasteiger charge is 2.42. The second-order valence-corrected chi connectivity index (χ2v) is 11.8. The van der Waals surface area contributed by atoms with E-state index >= 15 is 0 Å². The van der Waals surface area contributed by atoms with E-state index in [9.17, 15) is 32.3 Å². The molecular weight excluding hydrogens is 621 g/mol. The zero-order chi connectivity index (χ0) is 34.5. The summed E-state index contributed by atoms with van der Waals surface area (Å²) in [7, 11) is 0. The highest BCUT2D eigenvalue weighted by Crippen LogP contribution is 2.36. The van der Waals surface area contributed by atoms with E-state index in [0.29, 0.717) is 23.3 Å². The minimum Gasteiger partial charge on any atom is -0.461 e. The maximum Gasteiger partial charge on any atom is 0.472 e. The van der Waals surface area contributed by atoms with Gasteiger partial charge in [-0.2, -0.15) is 13.2 Å². The molecule has 0 aliphatic carbocycles. The minimum atomic E-state index is -5.31. The quantitative estimate of drug-likeness (QED) is 0.279. The molecule has 12 nitrogen and oxygen atoms in total. The van der Waals surface area contributed by atoms with Gasteiger partial charge in [0.25, 0.3) is 5.91 Å². The number of likely N-dealkylation sites (tertiary alicyclic amines) is 1. The maximum atomic E-state index is 13.5. The van der Waals surface area contributed by atoms with Crippen LogP contribution in [0.1, 0.15) is 92.2 Å². The van der Waals surface area contributed by atoms with Gasteiger partial charge in [0.2, 0.25) is 0 Å². The summed E-state index contributed by atoms with van der Waals surface area (Å²) in [5.41, 5.74) is 1.70. The molecule has 2 aromatic heterocycles. The molecule has 15 heteroatoms. The number of esters is 1. The number of imidazole rings is 1. The van der Waals surface area contributed by atoms with Gasteiger partial charge in [0.05, 0.1) is 12.6 Å². The van der Waals surface area contributed by atoms with Crippen LogP contribution in [-0.4, -0.2) is 68.3 Å². The summed E-state index contributed by atoms with van der Waals surface area (Å²) in [4.78, 5) is 61.8. The first kappa shape index (κ1) is 34.9. The van der Waals surface area contributed by atoms with Crippen molar-refractivity contribution in [3.63, 3.8) is 0 Å². The van der Waals surface area contributed by atoms with Crippen LogP contribution >= 0.6 is 0 Å². The number of hydrogen-bond donors (Lipinski definition) is 2. The molecule has 4 rings (SSSR count). The van der Waals surface area contributed by atoms with Crippen LogP contribution in [-0.2, 0) is 20.7 Å². The maximum absolute atomic E-state index is 13.5. The summed E-state index contributed by atoms with van der Waals surface area (Å²) in [6.07, 6.45) is -2.29. The number of carbonyl (C=O) groups excluding carboxylic acids is 4. The first-order chi connectivity index (χ1) is 22.1. The highest BCUT2D eigenvalue weighted by molar-refractivity contribution is 6.04. The van der Waals surface area contributed by atoms with E-state index in [0.717, 1.165) is 12.0 Å². The monoisotopic (exact) mass is 658 g/mol. The summed E-state index contributed by atoms with van der Waals surface area (Å²) in [6, 6.07) is 8.42. The van der Waals surface area contributed by atoms with Gasteiger partial charge >= 0.3 is 24.1 Å². The summed E-state index contributed by atoms with van der Waals surface area (Å²) in [6.45, 7) is 8.57. The van der Waals surface area contributed by atoms with Crippen molar-refractivity contribution in [2.45, 2.75) is 78.1 Å². The van der Waals surface area contributed by atoms with Gasteiger partial charge in [-0.3, -0.25) is 19.9 Å². The number of alkyl halides is 3. The molecule has 1 unspecified atom stereocenters. The Morgan fingerprint density at radius 2 is 1.72 bits per heavy atom. The van der Waals surface area contributed by atoms with Gasteiger partial charge < -0.3 is 14.8 Å². The topological polar surface area (TPSA) is 145 Å². The molecule has 1 saturated heterocycles. The molecule has 3 amide bonds. The summed E-state index contributed by atoms with van der Waals surface area (Å²) in [5.74, 6) is -3.74. The standard InChI is InChI=1S/C32H37F3N6O6/c1-6-19-15-16-36-23(18-19)37-27(42)21-13-11-20(12-14-21)24-25(28(43)46-7-2)41(39-29(44)32(33,34)35)26(38-24)22-10-8-9-17-40(22)30(45)47-31(3,4)5/h11-16,18,22H,6-10,17H2,1-5H3,(H,39,44)(H,36,37,42). The fourth-order valence-corrected chi connectivity index (χ4v) is 5.00. The number of ether oxygens (including phenoxy) is 2. The van der Waals surface area contributed by atoms with Gasteiger partial charge in [-0.1, -0.05) is 19.1 Å². The normalized spacial score (nSPS) is 15.1. The molecule has 0 spiro atoms. The van der Waals surface area contributed by atoms with Crippen molar-refractivity contribution in [1.82, 2.24) is 19.5 Å². The molecule has 3 aromatic rings. The van der Waals surface area contributed by atoms with E-state index in [4.69, 9.17) is 9.47 Å². The molecule has 1 aliphatic rings. The number of aromatic nitrogens is 3. The number of benzene rings is 1. The van der Waals surface area contributed by atoms with E-state index in [1.807, 2.05) is 13.0 Å². The van der Waals surface area contributed by atoms with Crippen LogP contribution < -0.4 is 10.7 Å². The average Bonchev–Trinajstić information content (AvgIpc) is 3.39. The molecule has 1 fully saturated rings. The van der Waals surface area contributed by atoms with Gasteiger partial charge in [0.15, 0.2) is 11.5 Å². The molecule has 1 aromatic carbocycles. The van der Waals surface area contributed by atoms with E-state index in [-0.39, 0.29) is 42.2 Å². The van der Waals surface area contributed by atoms with E-state index in [2.05, 4.69) is 15.3 Å². The molecule has 1 atom stereocenters. The molecule has 2 N–H and O–H groups in total. The van der Waals surface area contributed by atoms with Crippen LogP contribution in [0.15, 0.2) is 42.6 Å². The van der Waals surface area contributed by atoms with Gasteiger partial charge in [-0.15, -0.1) is 0 Å². The SMILES string of the molecule is CCOC(=O)c1c(-c2ccc(C(=O)Nc3cc(CC)ccn3)cc2)nc(C2CCCCN2C(=O)OC(C)(C)C)n1NC(=O)C(F)(F)F. The van der Waals surface area contributed by atoms with Gasteiger partial charge in [0.1, 0.15) is 17.1 Å². The lowest BCUT2D eigenvalue weighted by Gasteiger charge is -2.36. The van der Waals surface area contributed by atoms with Crippen molar-refractivity contribution >= 4 is 29.7 Å². The van der Waals surface area contributed by atoms with E-state index < -0.39 is 47.4 Å². The molecule has 0 bridgehead atoms. The molecule has 0 saturated carbocycles. The largest absolute Gasteiger partial charge is 0.472 e. The third kappa shape index (κ3) is 8.45. The van der Waals surface area contributed by atoms with Gasteiger partial charge in [-0.05, 0) is 83.2 Å². The number of nitrogens with one attached hydrogen (secondary N) is 2. The molecular formula is C32H37F3N6O6. The number of halogens is 3. The van der Waals surface area contributed by atoms with Crippen LogP contribution in [0.4, 0.5) is 23.8 Å². The Labute approximate surface area is 269 Å². The zero-order valence-electron chi connectivity index (χ0n) is 26.7. The lowest BCUT2D eigenvalue weighted by molar-refractivity contribution is -0.168. The number of rotatable bonds is 8. The number of pyridine rings is 1. The smallest absolute Gasteiger partial charge is 0.461 e. The van der Waals surface area contributed by atoms with E-state index in [1.54, 1.807) is 38.5 Å². The first-order valence-corrected chi connectivity index (χ1v) is 15.2. The Hall–Kier alpha value is -4.95. The highest BCUT2D eigenvalue weighted by atomic mass is 19.4. The molecule has 0 radical (unpaired) electrons. The number of nitrogens with zero attached hydrogens (tertiary/aromatic N) is 4. The molecule has 252 valence electrons. The predicted octanol–water partition coefficient (Wildman–Crippen LogP) is 6.03. The van der Waals surface area contributed by atoms with Gasteiger partial charge in [-0.25, -0.2) is 24.2 Å². The van der Waals surface area contributed by atoms with E-state index in [1.165, 1.54) is 36.1 Å². The zero-order valence-corrected chi connectivity index (χ0v) is 26.7. The summed E-state index contributed by atoms with van der Waals surface area (Å²) < 4.78 is 52.0. The van der Waals surface area contributed by atoms with Crippen molar-refractivity contribution in [2.24, 2.45) is 0 Å². The van der Waals surface area contributed by atoms with Gasteiger partial charge in [0, 0.05) is 23.9 Å². The molecule has 47 heavy (non-hydrogen) atoms. The average molecular weight is 659 g/mol. The number of piperidine rings is 1. The van der Waals surface area contributed by atoms with Crippen molar-refractivity contribution in [2.75, 3.05) is 23.9 Å². The second-order valence-electron chi connectivity index (χ2n) is 11.8. The van der Waals surface area contributed by atoms with Crippen LogP contribution in [0.5, 0.6) is 0 Å². The lowest BCUT2D eigenvalue weighted by Crippen LogP contribution is -2.44. The van der Waals surface area contributed by atoms with Crippen molar-refractivity contribution in [3.05, 3.63) is 65.2 Å². The lowest BCUT2D eigenvalue weighted by atomic mass is 10.0. The Morgan fingerprint density at radius 3 is 2.34 bits per heavy atom. The first-order valence-electron chi connectivity index (χ1n) is 15.2. The summed E-state index contributed by atoms with van der Waals surface area (Å²) in [5, 5.41) is 2.71. The van der Waals surface area contributed by atoms with Crippen molar-refractivity contribution in [3.8, 4) is 11.3 Å². The van der Waals surface area contributed by atoms with Crippen LogP contribution in [0, 0.1) is 0 Å². The number of aryl methyl sites for hydroxylation is 1. The third-order valence-electron chi connectivity index (χ3n) is 7.17. The minimum absolute atomic E-state index is 0.125.